The van der Waals surface area contributed by atoms with Gasteiger partial charge in [0.1, 0.15) is 0 Å². The molecule has 1 saturated heterocycles. The van der Waals surface area contributed by atoms with Crippen LogP contribution in [0.4, 0.5) is 0 Å². The molecule has 2 aromatic carbocycles. The van der Waals surface area contributed by atoms with Gasteiger partial charge in [-0.15, -0.1) is 10.2 Å². The van der Waals surface area contributed by atoms with E-state index >= 15 is 0 Å². The first-order valence-corrected chi connectivity index (χ1v) is 8.33. The zero-order valence-corrected chi connectivity index (χ0v) is 13.7. The Morgan fingerprint density at radius 3 is 2.33 bits per heavy atom. The molecule has 4 nitrogen and oxygen atoms in total. The van der Waals surface area contributed by atoms with Gasteiger partial charge in [-0.25, -0.2) is 0 Å². The summed E-state index contributed by atoms with van der Waals surface area (Å²) in [5.74, 6) is 1.28. The van der Waals surface area contributed by atoms with Crippen molar-refractivity contribution in [1.82, 2.24) is 10.2 Å². The summed E-state index contributed by atoms with van der Waals surface area (Å²) in [6.45, 7) is 3.47. The summed E-state index contributed by atoms with van der Waals surface area (Å²) in [5, 5.41) is 8.77. The van der Waals surface area contributed by atoms with Gasteiger partial charge in [0.15, 0.2) is 0 Å². The molecule has 0 radical (unpaired) electrons. The predicted octanol–water partition coefficient (Wildman–Crippen LogP) is 4.14. The Kier molecular flexibility index (Phi) is 3.90. The molecule has 0 aliphatic carbocycles. The van der Waals surface area contributed by atoms with Crippen molar-refractivity contribution >= 4 is 0 Å². The molecule has 0 saturated carbocycles. The number of aryl methyl sites for hydroxylation is 1. The van der Waals surface area contributed by atoms with E-state index in [-0.39, 0.29) is 5.41 Å². The van der Waals surface area contributed by atoms with Crippen LogP contribution in [0.1, 0.15) is 29.9 Å². The van der Waals surface area contributed by atoms with Gasteiger partial charge >= 0.3 is 0 Å². The standard InChI is InChI=1S/C20H20N2O2/c1-15-7-5-6-10-17(15)18-21-22-19(24-18)20(11-13-23-14-12-20)16-8-3-2-4-9-16/h2-10H,11-14H2,1H3. The molecule has 3 aromatic rings. The van der Waals surface area contributed by atoms with Crippen LogP contribution in [0.2, 0.25) is 0 Å². The maximum atomic E-state index is 6.17. The Balaban J connectivity index is 1.79. The molecule has 1 fully saturated rings. The van der Waals surface area contributed by atoms with Crippen molar-refractivity contribution in [3.8, 4) is 11.5 Å². The lowest BCUT2D eigenvalue weighted by atomic mass is 9.74. The van der Waals surface area contributed by atoms with Crippen molar-refractivity contribution < 1.29 is 9.15 Å². The van der Waals surface area contributed by atoms with Crippen LogP contribution >= 0.6 is 0 Å². The molecule has 0 unspecified atom stereocenters. The molecular weight excluding hydrogens is 300 g/mol. The molecule has 0 bridgehead atoms. The van der Waals surface area contributed by atoms with Crippen LogP contribution in [0.3, 0.4) is 0 Å². The minimum Gasteiger partial charge on any atom is -0.420 e. The molecule has 1 aliphatic heterocycles. The lowest BCUT2D eigenvalue weighted by Gasteiger charge is -2.34. The Labute approximate surface area is 141 Å². The first kappa shape index (κ1) is 15.1. The topological polar surface area (TPSA) is 48.2 Å². The Morgan fingerprint density at radius 2 is 1.58 bits per heavy atom. The average molecular weight is 320 g/mol. The zero-order chi connectivity index (χ0) is 16.4. The molecule has 2 heterocycles. The van der Waals surface area contributed by atoms with Gasteiger partial charge in [-0.3, -0.25) is 0 Å². The second-order valence-corrected chi connectivity index (χ2v) is 6.29. The quantitative estimate of drug-likeness (QED) is 0.727. The van der Waals surface area contributed by atoms with E-state index < -0.39 is 0 Å². The number of benzene rings is 2. The Morgan fingerprint density at radius 1 is 0.875 bits per heavy atom. The molecule has 0 N–H and O–H groups in total. The molecule has 1 aliphatic rings. The molecule has 0 spiro atoms. The van der Waals surface area contributed by atoms with E-state index in [0.29, 0.717) is 25.0 Å². The maximum Gasteiger partial charge on any atom is 0.248 e. The van der Waals surface area contributed by atoms with Crippen molar-refractivity contribution in [2.45, 2.75) is 25.2 Å². The Bertz CT molecular complexity index is 820. The van der Waals surface area contributed by atoms with E-state index in [9.17, 15) is 0 Å². The minimum atomic E-state index is -0.257. The van der Waals surface area contributed by atoms with Gasteiger partial charge in [-0.05, 0) is 37.0 Å². The summed E-state index contributed by atoms with van der Waals surface area (Å²) in [7, 11) is 0. The number of aromatic nitrogens is 2. The molecule has 122 valence electrons. The summed E-state index contributed by atoms with van der Waals surface area (Å²) in [6.07, 6.45) is 1.71. The first-order chi connectivity index (χ1) is 11.8. The van der Waals surface area contributed by atoms with E-state index in [4.69, 9.17) is 9.15 Å². The van der Waals surface area contributed by atoms with Gasteiger partial charge in [0.2, 0.25) is 11.8 Å². The predicted molar refractivity (Wildman–Crippen MR) is 91.7 cm³/mol. The largest absolute Gasteiger partial charge is 0.420 e. The summed E-state index contributed by atoms with van der Waals surface area (Å²) >= 11 is 0. The third-order valence-corrected chi connectivity index (χ3v) is 4.88. The van der Waals surface area contributed by atoms with E-state index in [1.54, 1.807) is 0 Å². The number of ether oxygens (including phenoxy) is 1. The highest BCUT2D eigenvalue weighted by Gasteiger charge is 2.41. The van der Waals surface area contributed by atoms with Crippen molar-refractivity contribution in [2.24, 2.45) is 0 Å². The smallest absolute Gasteiger partial charge is 0.248 e. The highest BCUT2D eigenvalue weighted by molar-refractivity contribution is 5.57. The summed E-state index contributed by atoms with van der Waals surface area (Å²) < 4.78 is 11.8. The fraction of sp³-hybridized carbons (Fsp3) is 0.300. The number of nitrogens with zero attached hydrogens (tertiary/aromatic N) is 2. The van der Waals surface area contributed by atoms with Gasteiger partial charge in [-0.1, -0.05) is 48.5 Å². The van der Waals surface area contributed by atoms with E-state index in [0.717, 1.165) is 24.0 Å². The van der Waals surface area contributed by atoms with Crippen LogP contribution in [0.5, 0.6) is 0 Å². The van der Waals surface area contributed by atoms with Crippen LogP contribution in [0.25, 0.3) is 11.5 Å². The van der Waals surface area contributed by atoms with E-state index in [2.05, 4.69) is 47.5 Å². The molecule has 0 amide bonds. The Hall–Kier alpha value is -2.46. The zero-order valence-electron chi connectivity index (χ0n) is 13.7. The third-order valence-electron chi connectivity index (χ3n) is 4.88. The van der Waals surface area contributed by atoms with Crippen LogP contribution in [-0.4, -0.2) is 23.4 Å². The van der Waals surface area contributed by atoms with Crippen molar-refractivity contribution in [2.75, 3.05) is 13.2 Å². The van der Waals surface area contributed by atoms with E-state index in [1.807, 2.05) is 24.3 Å². The minimum absolute atomic E-state index is 0.257. The maximum absolute atomic E-state index is 6.17. The molecule has 24 heavy (non-hydrogen) atoms. The number of hydrogen-bond donors (Lipinski definition) is 0. The van der Waals surface area contributed by atoms with Crippen LogP contribution in [0.15, 0.2) is 59.0 Å². The SMILES string of the molecule is Cc1ccccc1-c1nnc(C2(c3ccccc3)CCOCC2)o1. The monoisotopic (exact) mass is 320 g/mol. The van der Waals surface area contributed by atoms with Crippen molar-refractivity contribution in [3.63, 3.8) is 0 Å². The summed E-state index contributed by atoms with van der Waals surface area (Å²) in [4.78, 5) is 0. The van der Waals surface area contributed by atoms with Gasteiger partial charge in [0.05, 0.1) is 5.41 Å². The number of hydrogen-bond acceptors (Lipinski definition) is 4. The van der Waals surface area contributed by atoms with Crippen molar-refractivity contribution in [3.05, 3.63) is 71.6 Å². The molecule has 0 atom stereocenters. The van der Waals surface area contributed by atoms with Crippen LogP contribution < -0.4 is 0 Å². The first-order valence-electron chi connectivity index (χ1n) is 8.33. The highest BCUT2D eigenvalue weighted by atomic mass is 16.5. The molecule has 4 rings (SSSR count). The van der Waals surface area contributed by atoms with Gasteiger partial charge in [0.25, 0.3) is 0 Å². The lowest BCUT2D eigenvalue weighted by Crippen LogP contribution is -2.35. The van der Waals surface area contributed by atoms with Crippen molar-refractivity contribution in [1.29, 1.82) is 0 Å². The average Bonchev–Trinajstić information content (AvgIpc) is 3.14. The summed E-state index contributed by atoms with van der Waals surface area (Å²) in [6, 6.07) is 18.5. The molecule has 1 aromatic heterocycles. The third kappa shape index (κ3) is 2.53. The second-order valence-electron chi connectivity index (χ2n) is 6.29. The molecular formula is C20H20N2O2. The van der Waals surface area contributed by atoms with Crippen LogP contribution in [-0.2, 0) is 10.2 Å². The normalized spacial score (nSPS) is 16.9. The van der Waals surface area contributed by atoms with Crippen LogP contribution in [0, 0.1) is 6.92 Å². The van der Waals surface area contributed by atoms with Gasteiger partial charge < -0.3 is 9.15 Å². The second kappa shape index (κ2) is 6.21. The highest BCUT2D eigenvalue weighted by Crippen LogP contribution is 2.41. The molecule has 4 heteroatoms. The fourth-order valence-electron chi connectivity index (χ4n) is 3.44. The van der Waals surface area contributed by atoms with E-state index in [1.165, 1.54) is 5.56 Å². The van der Waals surface area contributed by atoms with Gasteiger partial charge in [-0.2, -0.15) is 0 Å². The van der Waals surface area contributed by atoms with Gasteiger partial charge in [0, 0.05) is 18.8 Å². The lowest BCUT2D eigenvalue weighted by molar-refractivity contribution is 0.0546. The fourth-order valence-corrected chi connectivity index (χ4v) is 3.44. The summed E-state index contributed by atoms with van der Waals surface area (Å²) in [5.41, 5.74) is 3.08. The number of rotatable bonds is 3.